The Hall–Kier alpha value is -3.89. The standard InChI is InChI=1S/C40H37N3S/c1-2-9-28(10-3-1)41-24-37-39(25-41)44-38-16-8-13-32-33-23-27(19-22-36(33)43(37)40(32)38)26-17-20-29(21-18-26)42-34-14-6-4-11-30(34)31-12-5-7-15-35(31)42/h1-7,9-12,14-15,17-18,20-21,24-25,27,32-33,36,38,40H,8,13,16,19,22-23H2. The smallest absolute Gasteiger partial charge is 0.0694 e. The fraction of sp³-hybridized carbons (Fsp3) is 0.300. The number of nitrogens with zero attached hydrogens (tertiary/aromatic N) is 3. The number of hydrogen-bond acceptors (Lipinski definition) is 2. The predicted octanol–water partition coefficient (Wildman–Crippen LogP) is 9.99. The van der Waals surface area contributed by atoms with E-state index < -0.39 is 0 Å². The van der Waals surface area contributed by atoms with Crippen LogP contribution in [0.4, 0.5) is 5.69 Å². The van der Waals surface area contributed by atoms with Crippen LogP contribution in [0.2, 0.25) is 0 Å². The summed E-state index contributed by atoms with van der Waals surface area (Å²) >= 11 is 2.18. The summed E-state index contributed by atoms with van der Waals surface area (Å²) in [5.41, 5.74) is 8.15. The third-order valence-corrected chi connectivity index (χ3v) is 12.9. The molecule has 2 saturated carbocycles. The maximum atomic E-state index is 2.95. The first-order chi connectivity index (χ1) is 21.8. The van der Waals surface area contributed by atoms with E-state index in [1.807, 2.05) is 0 Å². The molecule has 0 N–H and O–H groups in total. The molecule has 10 rings (SSSR count). The largest absolute Gasteiger partial charge is 0.362 e. The normalized spacial score (nSPS) is 27.3. The molecular weight excluding hydrogens is 555 g/mol. The van der Waals surface area contributed by atoms with Gasteiger partial charge in [0.05, 0.1) is 16.7 Å². The molecule has 0 amide bonds. The van der Waals surface area contributed by atoms with Gasteiger partial charge in [-0.05, 0) is 91.8 Å². The van der Waals surface area contributed by atoms with Crippen molar-refractivity contribution in [2.24, 2.45) is 11.8 Å². The molecule has 3 fully saturated rings. The summed E-state index contributed by atoms with van der Waals surface area (Å²) in [4.78, 5) is 4.45. The first-order valence-corrected chi connectivity index (χ1v) is 17.5. The Bertz CT molecular complexity index is 1950. The van der Waals surface area contributed by atoms with E-state index in [-0.39, 0.29) is 0 Å². The average Bonchev–Trinajstić information content (AvgIpc) is 3.76. The van der Waals surface area contributed by atoms with Crippen molar-refractivity contribution in [2.75, 3.05) is 4.90 Å². The molecule has 4 heteroatoms. The Morgan fingerprint density at radius 3 is 2.11 bits per heavy atom. The fourth-order valence-corrected chi connectivity index (χ4v) is 11.3. The van der Waals surface area contributed by atoms with Crippen molar-refractivity contribution in [3.05, 3.63) is 121 Å². The summed E-state index contributed by atoms with van der Waals surface area (Å²) in [6.45, 7) is 0. The molecule has 1 saturated heterocycles. The number of aromatic nitrogens is 2. The summed E-state index contributed by atoms with van der Waals surface area (Å²) in [6.07, 6.45) is 13.0. The topological polar surface area (TPSA) is 13.1 Å². The molecule has 6 atom stereocenters. The summed E-state index contributed by atoms with van der Waals surface area (Å²) in [5, 5.41) is 3.39. The highest BCUT2D eigenvalue weighted by Gasteiger charge is 2.56. The summed E-state index contributed by atoms with van der Waals surface area (Å²) in [5.74, 6) is 2.29. The van der Waals surface area contributed by atoms with E-state index in [1.165, 1.54) is 87.9 Å². The van der Waals surface area contributed by atoms with Crippen LogP contribution in [0.15, 0.2) is 120 Å². The van der Waals surface area contributed by atoms with E-state index in [1.54, 1.807) is 0 Å². The average molecular weight is 592 g/mol. The highest BCUT2D eigenvalue weighted by Crippen LogP contribution is 2.60. The van der Waals surface area contributed by atoms with Crippen LogP contribution >= 0.6 is 11.8 Å². The summed E-state index contributed by atoms with van der Waals surface area (Å²) in [6, 6.07) is 39.6. The molecule has 6 unspecified atom stereocenters. The van der Waals surface area contributed by atoms with Gasteiger partial charge in [0, 0.05) is 56.8 Å². The molecule has 218 valence electrons. The second-order valence-corrected chi connectivity index (χ2v) is 14.9. The Morgan fingerprint density at radius 1 is 0.614 bits per heavy atom. The van der Waals surface area contributed by atoms with Gasteiger partial charge in [-0.1, -0.05) is 73.2 Å². The third-order valence-electron chi connectivity index (χ3n) is 11.5. The maximum absolute atomic E-state index is 2.95. The third kappa shape index (κ3) is 3.70. The van der Waals surface area contributed by atoms with Crippen LogP contribution in [0.25, 0.3) is 33.2 Å². The van der Waals surface area contributed by atoms with Gasteiger partial charge in [-0.15, -0.1) is 11.8 Å². The molecule has 4 heterocycles. The Kier molecular flexibility index (Phi) is 5.67. The first kappa shape index (κ1) is 25.4. The number of anilines is 1. The zero-order valence-corrected chi connectivity index (χ0v) is 25.7. The quantitative estimate of drug-likeness (QED) is 0.203. The Labute approximate surface area is 263 Å². The first-order valence-electron chi connectivity index (χ1n) is 16.6. The van der Waals surface area contributed by atoms with Gasteiger partial charge >= 0.3 is 0 Å². The highest BCUT2D eigenvalue weighted by molar-refractivity contribution is 8.00. The van der Waals surface area contributed by atoms with Crippen LogP contribution in [-0.4, -0.2) is 26.5 Å². The van der Waals surface area contributed by atoms with E-state index in [9.17, 15) is 0 Å². The predicted molar refractivity (Wildman–Crippen MR) is 184 cm³/mol. The SMILES string of the molecule is c1ccc(-n2cc3c(c2)N2C4CCC(c5ccc(-n6c7ccccc7c7ccccc76)cc5)CC4C4CCCC(S3)C42)cc1. The van der Waals surface area contributed by atoms with Gasteiger partial charge in [0.25, 0.3) is 0 Å². The molecular formula is C40H37N3S. The number of rotatable bonds is 3. The van der Waals surface area contributed by atoms with Gasteiger partial charge in [-0.3, -0.25) is 0 Å². The van der Waals surface area contributed by atoms with E-state index in [0.717, 1.165) is 17.1 Å². The summed E-state index contributed by atoms with van der Waals surface area (Å²) < 4.78 is 4.82. The van der Waals surface area contributed by atoms with Gasteiger partial charge < -0.3 is 14.0 Å². The molecule has 4 aliphatic rings. The van der Waals surface area contributed by atoms with E-state index in [4.69, 9.17) is 0 Å². The molecule has 6 aromatic rings. The van der Waals surface area contributed by atoms with Crippen LogP contribution in [-0.2, 0) is 0 Å². The molecule has 44 heavy (non-hydrogen) atoms. The van der Waals surface area contributed by atoms with Crippen LogP contribution in [0.1, 0.15) is 50.0 Å². The lowest BCUT2D eigenvalue weighted by Gasteiger charge is -2.44. The van der Waals surface area contributed by atoms with Gasteiger partial charge in [0.2, 0.25) is 0 Å². The zero-order valence-electron chi connectivity index (χ0n) is 24.9. The lowest BCUT2D eigenvalue weighted by atomic mass is 9.69. The Balaban J connectivity index is 0.965. The van der Waals surface area contributed by atoms with Crippen LogP contribution < -0.4 is 4.90 Å². The highest BCUT2D eigenvalue weighted by atomic mass is 32.2. The van der Waals surface area contributed by atoms with E-state index in [2.05, 4.69) is 141 Å². The van der Waals surface area contributed by atoms with Crippen molar-refractivity contribution in [1.29, 1.82) is 0 Å². The van der Waals surface area contributed by atoms with Gasteiger partial charge in [0.1, 0.15) is 0 Å². The molecule has 2 aromatic heterocycles. The molecule has 3 nitrogen and oxygen atoms in total. The van der Waals surface area contributed by atoms with Crippen molar-refractivity contribution in [1.82, 2.24) is 9.13 Å². The van der Waals surface area contributed by atoms with Gasteiger partial charge in [-0.2, -0.15) is 0 Å². The number of thioether (sulfide) groups is 1. The molecule has 0 radical (unpaired) electrons. The molecule has 0 spiro atoms. The van der Waals surface area contributed by atoms with Crippen molar-refractivity contribution >= 4 is 39.3 Å². The second kappa shape index (κ2) is 9.81. The van der Waals surface area contributed by atoms with Crippen LogP contribution in [0.5, 0.6) is 0 Å². The van der Waals surface area contributed by atoms with E-state index >= 15 is 0 Å². The lowest BCUT2D eigenvalue weighted by molar-refractivity contribution is 0.219. The Morgan fingerprint density at radius 2 is 1.34 bits per heavy atom. The number of para-hydroxylation sites is 3. The molecule has 2 aliphatic carbocycles. The number of fused-ring (bicyclic) bond motifs is 8. The second-order valence-electron chi connectivity index (χ2n) is 13.6. The molecule has 2 aliphatic heterocycles. The maximum Gasteiger partial charge on any atom is 0.0694 e. The van der Waals surface area contributed by atoms with Crippen molar-refractivity contribution in [2.45, 2.75) is 66.7 Å². The number of benzene rings is 4. The van der Waals surface area contributed by atoms with Crippen molar-refractivity contribution in [3.8, 4) is 11.4 Å². The fourth-order valence-electron chi connectivity index (χ4n) is 9.73. The zero-order chi connectivity index (χ0) is 28.8. The molecule has 0 bridgehead atoms. The number of hydrogen-bond donors (Lipinski definition) is 0. The van der Waals surface area contributed by atoms with Crippen LogP contribution in [0.3, 0.4) is 0 Å². The van der Waals surface area contributed by atoms with Gasteiger partial charge in [-0.25, -0.2) is 0 Å². The summed E-state index contributed by atoms with van der Waals surface area (Å²) in [7, 11) is 0. The van der Waals surface area contributed by atoms with Gasteiger partial charge in [0.15, 0.2) is 0 Å². The minimum atomic E-state index is 0.659. The lowest BCUT2D eigenvalue weighted by Crippen LogP contribution is -2.48. The monoisotopic (exact) mass is 591 g/mol. The van der Waals surface area contributed by atoms with Crippen LogP contribution in [0, 0.1) is 11.8 Å². The van der Waals surface area contributed by atoms with Crippen molar-refractivity contribution < 1.29 is 0 Å². The van der Waals surface area contributed by atoms with E-state index in [0.29, 0.717) is 18.0 Å². The molecule has 4 aromatic carbocycles. The van der Waals surface area contributed by atoms with Crippen molar-refractivity contribution in [3.63, 3.8) is 0 Å². The minimum Gasteiger partial charge on any atom is -0.362 e. The minimum absolute atomic E-state index is 0.659.